The maximum absolute atomic E-state index is 2.55. The van der Waals surface area contributed by atoms with Gasteiger partial charge in [0, 0.05) is 33.8 Å². The number of nitrogens with zero attached hydrogens (tertiary/aromatic N) is 2. The van der Waals surface area contributed by atoms with E-state index in [0.29, 0.717) is 0 Å². The second-order valence-corrected chi connectivity index (χ2v) is 11.7. The van der Waals surface area contributed by atoms with Crippen molar-refractivity contribution in [2.45, 2.75) is 12.0 Å². The van der Waals surface area contributed by atoms with Crippen molar-refractivity contribution in [2.75, 3.05) is 4.90 Å². The Morgan fingerprint density at radius 1 is 0.455 bits per heavy atom. The number of anilines is 2. The highest BCUT2D eigenvalue weighted by Crippen LogP contribution is 2.52. The molecule has 0 spiro atoms. The van der Waals surface area contributed by atoms with Crippen LogP contribution in [0.5, 0.6) is 0 Å². The summed E-state index contributed by atoms with van der Waals surface area (Å²) in [6.07, 6.45) is 9.18. The third kappa shape index (κ3) is 3.81. The van der Waals surface area contributed by atoms with E-state index < -0.39 is 0 Å². The molecule has 0 fully saturated rings. The van der Waals surface area contributed by atoms with Crippen LogP contribution in [0.3, 0.4) is 0 Å². The maximum Gasteiger partial charge on any atom is 0.0629 e. The third-order valence-corrected chi connectivity index (χ3v) is 9.32. The first-order chi connectivity index (χ1) is 21.8. The molecule has 2 heterocycles. The van der Waals surface area contributed by atoms with Crippen LogP contribution in [0.2, 0.25) is 0 Å². The number of allylic oxidation sites excluding steroid dienone is 2. The van der Waals surface area contributed by atoms with Gasteiger partial charge < -0.3 is 9.47 Å². The lowest BCUT2D eigenvalue weighted by Crippen LogP contribution is -2.28. The molecular formula is C42H30N2. The first kappa shape index (κ1) is 24.9. The molecule has 0 radical (unpaired) electrons. The molecule has 2 unspecified atom stereocenters. The Kier molecular flexibility index (Phi) is 5.67. The van der Waals surface area contributed by atoms with E-state index in [9.17, 15) is 0 Å². The van der Waals surface area contributed by atoms with E-state index in [1.807, 2.05) is 0 Å². The van der Waals surface area contributed by atoms with Gasteiger partial charge in [0.1, 0.15) is 0 Å². The Bertz CT molecular complexity index is 2220. The third-order valence-electron chi connectivity index (χ3n) is 9.32. The van der Waals surface area contributed by atoms with Gasteiger partial charge in [0.25, 0.3) is 0 Å². The average Bonchev–Trinajstić information content (AvgIpc) is 3.62. The number of rotatable bonds is 4. The lowest BCUT2D eigenvalue weighted by Gasteiger charge is -2.29. The van der Waals surface area contributed by atoms with Crippen molar-refractivity contribution >= 4 is 33.2 Å². The van der Waals surface area contributed by atoms with E-state index >= 15 is 0 Å². The smallest absolute Gasteiger partial charge is 0.0629 e. The van der Waals surface area contributed by atoms with Crippen LogP contribution in [-0.4, -0.2) is 10.6 Å². The maximum atomic E-state index is 2.55. The van der Waals surface area contributed by atoms with E-state index in [4.69, 9.17) is 0 Å². The van der Waals surface area contributed by atoms with Crippen LogP contribution in [0.15, 0.2) is 170 Å². The van der Waals surface area contributed by atoms with Crippen molar-refractivity contribution in [1.82, 2.24) is 4.57 Å². The lowest BCUT2D eigenvalue weighted by molar-refractivity contribution is 0.747. The number of para-hydroxylation sites is 1. The molecule has 0 bridgehead atoms. The van der Waals surface area contributed by atoms with E-state index in [1.54, 1.807) is 0 Å². The van der Waals surface area contributed by atoms with Crippen molar-refractivity contribution in [1.29, 1.82) is 0 Å². The molecule has 1 aromatic heterocycles. The van der Waals surface area contributed by atoms with Crippen molar-refractivity contribution in [3.05, 3.63) is 175 Å². The minimum Gasteiger partial charge on any atom is -0.333 e. The second-order valence-electron chi connectivity index (χ2n) is 11.7. The van der Waals surface area contributed by atoms with Crippen LogP contribution < -0.4 is 4.90 Å². The summed E-state index contributed by atoms with van der Waals surface area (Å²) in [5, 5.41) is 2.65. The average molecular weight is 563 g/mol. The molecule has 6 aromatic carbocycles. The molecule has 0 N–H and O–H groups in total. The summed E-state index contributed by atoms with van der Waals surface area (Å²) in [5.74, 6) is 0.263. The predicted octanol–water partition coefficient (Wildman–Crippen LogP) is 10.8. The summed E-state index contributed by atoms with van der Waals surface area (Å²) in [7, 11) is 0. The van der Waals surface area contributed by atoms with Crippen LogP contribution in [0.25, 0.3) is 49.7 Å². The summed E-state index contributed by atoms with van der Waals surface area (Å²) in [5.41, 5.74) is 12.5. The van der Waals surface area contributed by atoms with Gasteiger partial charge in [0.15, 0.2) is 0 Å². The topological polar surface area (TPSA) is 8.17 Å². The zero-order valence-electron chi connectivity index (χ0n) is 24.2. The Morgan fingerprint density at radius 3 is 1.91 bits per heavy atom. The highest BCUT2D eigenvalue weighted by Gasteiger charge is 2.39. The Hall–Kier alpha value is -5.60. The first-order valence-electron chi connectivity index (χ1n) is 15.4. The molecule has 2 nitrogen and oxygen atoms in total. The van der Waals surface area contributed by atoms with Gasteiger partial charge in [-0.25, -0.2) is 0 Å². The minimum atomic E-state index is 0.221. The van der Waals surface area contributed by atoms with Gasteiger partial charge >= 0.3 is 0 Å². The van der Waals surface area contributed by atoms with Crippen molar-refractivity contribution in [2.24, 2.45) is 0 Å². The normalized spacial score (nSPS) is 16.9. The fraction of sp³-hybridized carbons (Fsp3) is 0.0476. The van der Waals surface area contributed by atoms with Crippen LogP contribution >= 0.6 is 0 Å². The second kappa shape index (κ2) is 10.00. The van der Waals surface area contributed by atoms with Crippen LogP contribution in [0, 0.1) is 0 Å². The molecule has 2 atom stereocenters. The summed E-state index contributed by atoms with van der Waals surface area (Å²) in [6.45, 7) is 0. The van der Waals surface area contributed by atoms with Gasteiger partial charge in [-0.15, -0.1) is 0 Å². The predicted molar refractivity (Wildman–Crippen MR) is 185 cm³/mol. The highest BCUT2D eigenvalue weighted by molar-refractivity contribution is 6.13. The van der Waals surface area contributed by atoms with Crippen molar-refractivity contribution in [3.8, 4) is 27.9 Å². The van der Waals surface area contributed by atoms with Crippen LogP contribution in [0.1, 0.15) is 11.5 Å². The summed E-state index contributed by atoms with van der Waals surface area (Å²) >= 11 is 0. The van der Waals surface area contributed by atoms with Gasteiger partial charge in [-0.2, -0.15) is 0 Å². The van der Waals surface area contributed by atoms with Crippen LogP contribution in [0.4, 0.5) is 11.4 Å². The van der Waals surface area contributed by atoms with E-state index in [1.165, 1.54) is 66.7 Å². The highest BCUT2D eigenvalue weighted by atomic mass is 15.2. The molecule has 208 valence electrons. The van der Waals surface area contributed by atoms with E-state index in [0.717, 1.165) is 0 Å². The van der Waals surface area contributed by atoms with Crippen molar-refractivity contribution in [3.63, 3.8) is 0 Å². The Labute approximate surface area is 257 Å². The standard InChI is InChI=1S/C42H30N2/c1-3-12-29(13-4-1)31-22-24-33(25-23-31)43-37-20-9-7-18-35(37)41-39(43)26-27-40-42(41)36-19-8-10-21-38(36)44(40)34-17-11-16-32(28-34)30-14-5-2-6-15-30/h1-28,36,38H. The van der Waals surface area contributed by atoms with Gasteiger partial charge in [-0.05, 0) is 70.3 Å². The first-order valence-corrected chi connectivity index (χ1v) is 15.4. The van der Waals surface area contributed by atoms with Gasteiger partial charge in [-0.3, -0.25) is 0 Å². The molecular weight excluding hydrogens is 532 g/mol. The molecule has 2 heteroatoms. The summed E-state index contributed by atoms with van der Waals surface area (Å²) < 4.78 is 2.44. The molecule has 0 amide bonds. The zero-order valence-corrected chi connectivity index (χ0v) is 24.2. The summed E-state index contributed by atoms with van der Waals surface area (Å²) in [4.78, 5) is 2.55. The lowest BCUT2D eigenvalue weighted by atomic mass is 9.88. The monoisotopic (exact) mass is 562 g/mol. The Morgan fingerprint density at radius 2 is 1.11 bits per heavy atom. The SMILES string of the molecule is C1=CC2c3c(ccc4c3c3ccccc3n4-c3ccc(-c4ccccc4)cc3)N(c3cccc(-c4ccccc4)c3)C2C=C1. The van der Waals surface area contributed by atoms with Gasteiger partial charge in [0.2, 0.25) is 0 Å². The zero-order chi connectivity index (χ0) is 29.0. The number of benzene rings is 6. The summed E-state index contributed by atoms with van der Waals surface area (Å²) in [6, 6.07) is 53.1. The van der Waals surface area contributed by atoms with Crippen LogP contribution in [-0.2, 0) is 0 Å². The largest absolute Gasteiger partial charge is 0.333 e. The molecule has 0 saturated heterocycles. The fourth-order valence-electron chi connectivity index (χ4n) is 7.38. The fourth-order valence-corrected chi connectivity index (χ4v) is 7.38. The van der Waals surface area contributed by atoms with E-state index in [2.05, 4.69) is 179 Å². The minimum absolute atomic E-state index is 0.221. The molecule has 1 aliphatic heterocycles. The molecule has 9 rings (SSSR count). The number of hydrogen-bond acceptors (Lipinski definition) is 1. The van der Waals surface area contributed by atoms with Gasteiger partial charge in [-0.1, -0.05) is 127 Å². The number of hydrogen-bond donors (Lipinski definition) is 0. The molecule has 2 aliphatic rings. The van der Waals surface area contributed by atoms with Crippen molar-refractivity contribution < 1.29 is 0 Å². The quantitative estimate of drug-likeness (QED) is 0.207. The molecule has 1 aliphatic carbocycles. The van der Waals surface area contributed by atoms with E-state index in [-0.39, 0.29) is 12.0 Å². The number of fused-ring (bicyclic) bond motifs is 7. The van der Waals surface area contributed by atoms with Gasteiger partial charge in [0.05, 0.1) is 17.1 Å². The Balaban J connectivity index is 1.24. The molecule has 0 saturated carbocycles. The molecule has 7 aromatic rings. The number of aromatic nitrogens is 1. The molecule has 44 heavy (non-hydrogen) atoms.